The van der Waals surface area contributed by atoms with Gasteiger partial charge >= 0.3 is 5.97 Å². The number of hydrogen-bond donors (Lipinski definition) is 2. The Labute approximate surface area is 106 Å². The quantitative estimate of drug-likeness (QED) is 0.869. The second-order valence-electron chi connectivity index (χ2n) is 4.97. The summed E-state index contributed by atoms with van der Waals surface area (Å²) >= 11 is 0. The highest BCUT2D eigenvalue weighted by Gasteiger charge is 2.26. The minimum atomic E-state index is -0.809. The first kappa shape index (κ1) is 12.4. The smallest absolute Gasteiger partial charge is 0.304 e. The fourth-order valence-electron chi connectivity index (χ4n) is 1.88. The number of carbonyl (C=O) groups is 1. The van der Waals surface area contributed by atoms with E-state index in [1.54, 1.807) is 6.20 Å². The lowest BCUT2D eigenvalue weighted by Crippen LogP contribution is -2.22. The molecule has 1 aromatic heterocycles. The van der Waals surface area contributed by atoms with E-state index in [9.17, 15) is 4.79 Å². The van der Waals surface area contributed by atoms with E-state index < -0.39 is 11.4 Å². The van der Waals surface area contributed by atoms with Crippen LogP contribution in [0.25, 0.3) is 11.4 Å². The number of nitrogens with one attached hydrogen (secondary N) is 1. The second kappa shape index (κ2) is 4.64. The summed E-state index contributed by atoms with van der Waals surface area (Å²) in [4.78, 5) is 18.3. The summed E-state index contributed by atoms with van der Waals surface area (Å²) in [5, 5.41) is 8.90. The first-order valence-corrected chi connectivity index (χ1v) is 5.82. The van der Waals surface area contributed by atoms with E-state index in [-0.39, 0.29) is 6.42 Å². The fraction of sp³-hybridized carbons (Fsp3) is 0.286. The number of imidazole rings is 1. The molecule has 0 radical (unpaired) electrons. The van der Waals surface area contributed by atoms with E-state index >= 15 is 0 Å². The third-order valence-corrected chi connectivity index (χ3v) is 2.95. The topological polar surface area (TPSA) is 66.0 Å². The van der Waals surface area contributed by atoms with Crippen molar-refractivity contribution < 1.29 is 9.90 Å². The molecule has 0 amide bonds. The van der Waals surface area contributed by atoms with E-state index in [0.717, 1.165) is 17.1 Å². The Morgan fingerprint density at radius 1 is 1.33 bits per heavy atom. The Kier molecular flexibility index (Phi) is 3.19. The van der Waals surface area contributed by atoms with Gasteiger partial charge in [-0.2, -0.15) is 0 Å². The molecule has 18 heavy (non-hydrogen) atoms. The molecule has 0 spiro atoms. The number of nitrogens with zero attached hydrogens (tertiary/aromatic N) is 1. The van der Waals surface area contributed by atoms with Crippen LogP contribution in [0.5, 0.6) is 0 Å². The molecule has 0 aliphatic heterocycles. The summed E-state index contributed by atoms with van der Waals surface area (Å²) in [6.45, 7) is 3.78. The number of carboxylic acid groups (broad SMARTS) is 1. The third-order valence-electron chi connectivity index (χ3n) is 2.95. The van der Waals surface area contributed by atoms with Gasteiger partial charge < -0.3 is 10.1 Å². The van der Waals surface area contributed by atoms with Gasteiger partial charge in [0.1, 0.15) is 5.82 Å². The third kappa shape index (κ3) is 2.59. The highest BCUT2D eigenvalue weighted by atomic mass is 16.4. The molecule has 2 aromatic rings. The molecule has 0 aliphatic rings. The van der Waals surface area contributed by atoms with Gasteiger partial charge in [-0.1, -0.05) is 44.2 Å². The van der Waals surface area contributed by atoms with E-state index in [4.69, 9.17) is 5.11 Å². The van der Waals surface area contributed by atoms with Crippen LogP contribution in [0.1, 0.15) is 26.0 Å². The second-order valence-corrected chi connectivity index (χ2v) is 4.97. The first-order valence-electron chi connectivity index (χ1n) is 5.82. The van der Waals surface area contributed by atoms with Crippen molar-refractivity contribution in [1.82, 2.24) is 9.97 Å². The van der Waals surface area contributed by atoms with Crippen molar-refractivity contribution in [2.24, 2.45) is 0 Å². The molecule has 0 unspecified atom stereocenters. The van der Waals surface area contributed by atoms with E-state index in [1.807, 2.05) is 44.2 Å². The lowest BCUT2D eigenvalue weighted by Gasteiger charge is -2.20. The zero-order chi connectivity index (χ0) is 13.2. The lowest BCUT2D eigenvalue weighted by molar-refractivity contribution is -0.138. The Morgan fingerprint density at radius 3 is 2.61 bits per heavy atom. The first-order chi connectivity index (χ1) is 8.49. The molecule has 4 nitrogen and oxygen atoms in total. The number of aliphatic carboxylic acids is 1. The van der Waals surface area contributed by atoms with Crippen LogP contribution in [-0.2, 0) is 10.2 Å². The molecule has 0 saturated carbocycles. The molecular weight excluding hydrogens is 228 g/mol. The standard InChI is InChI=1S/C14H16N2O2/c1-14(2,8-12(17)18)11-9-15-13(16-11)10-6-4-3-5-7-10/h3-7,9H,8H2,1-2H3,(H,15,16)(H,17,18). The van der Waals surface area contributed by atoms with Gasteiger partial charge in [-0.05, 0) is 0 Å². The van der Waals surface area contributed by atoms with Gasteiger partial charge in [-0.25, -0.2) is 4.98 Å². The summed E-state index contributed by atoms with van der Waals surface area (Å²) in [7, 11) is 0. The zero-order valence-corrected chi connectivity index (χ0v) is 10.5. The monoisotopic (exact) mass is 244 g/mol. The van der Waals surface area contributed by atoms with E-state index in [2.05, 4.69) is 9.97 Å². The lowest BCUT2D eigenvalue weighted by atomic mass is 9.86. The number of rotatable bonds is 4. The molecule has 1 aromatic carbocycles. The van der Waals surface area contributed by atoms with Crippen LogP contribution >= 0.6 is 0 Å². The Bertz CT molecular complexity index is 544. The molecule has 1 heterocycles. The van der Waals surface area contributed by atoms with Crippen molar-refractivity contribution in [3.05, 3.63) is 42.2 Å². The Morgan fingerprint density at radius 2 is 2.00 bits per heavy atom. The molecule has 0 bridgehead atoms. The number of benzene rings is 1. The molecule has 0 saturated heterocycles. The zero-order valence-electron chi connectivity index (χ0n) is 10.5. The molecule has 0 atom stereocenters. The Balaban J connectivity index is 2.28. The molecule has 2 N–H and O–H groups in total. The average Bonchev–Trinajstić information content (AvgIpc) is 2.78. The van der Waals surface area contributed by atoms with Crippen LogP contribution in [0.15, 0.2) is 36.5 Å². The SMILES string of the molecule is CC(C)(CC(=O)O)c1cnc(-c2ccccc2)[nH]1. The average molecular weight is 244 g/mol. The highest BCUT2D eigenvalue weighted by Crippen LogP contribution is 2.27. The summed E-state index contributed by atoms with van der Waals surface area (Å²) in [5.74, 6) is -0.0417. The predicted octanol–water partition coefficient (Wildman–Crippen LogP) is 2.83. The molecule has 0 aliphatic carbocycles. The van der Waals surface area contributed by atoms with E-state index in [0.29, 0.717) is 0 Å². The predicted molar refractivity (Wildman–Crippen MR) is 69.3 cm³/mol. The van der Waals surface area contributed by atoms with Crippen molar-refractivity contribution in [3.63, 3.8) is 0 Å². The van der Waals surface area contributed by atoms with Crippen molar-refractivity contribution in [3.8, 4) is 11.4 Å². The van der Waals surface area contributed by atoms with Crippen molar-refractivity contribution in [2.45, 2.75) is 25.7 Å². The van der Waals surface area contributed by atoms with Crippen LogP contribution < -0.4 is 0 Å². The van der Waals surface area contributed by atoms with Gasteiger partial charge in [0.15, 0.2) is 0 Å². The van der Waals surface area contributed by atoms with Crippen molar-refractivity contribution >= 4 is 5.97 Å². The molecular formula is C14H16N2O2. The number of aromatic amines is 1. The number of aromatic nitrogens is 2. The largest absolute Gasteiger partial charge is 0.481 e. The van der Waals surface area contributed by atoms with Gasteiger partial charge in [0, 0.05) is 22.9 Å². The van der Waals surface area contributed by atoms with Gasteiger partial charge in [0.25, 0.3) is 0 Å². The van der Waals surface area contributed by atoms with Crippen LogP contribution in [0.2, 0.25) is 0 Å². The summed E-state index contributed by atoms with van der Waals surface area (Å²) < 4.78 is 0. The maximum Gasteiger partial charge on any atom is 0.304 e. The summed E-state index contributed by atoms with van der Waals surface area (Å²) in [6, 6.07) is 9.77. The van der Waals surface area contributed by atoms with E-state index in [1.165, 1.54) is 0 Å². The van der Waals surface area contributed by atoms with Crippen LogP contribution in [0.3, 0.4) is 0 Å². The number of carboxylic acids is 1. The maximum absolute atomic E-state index is 10.8. The van der Waals surface area contributed by atoms with Crippen LogP contribution in [-0.4, -0.2) is 21.0 Å². The molecule has 0 fully saturated rings. The molecule has 94 valence electrons. The summed E-state index contributed by atoms with van der Waals surface area (Å²) in [6.07, 6.45) is 1.79. The minimum absolute atomic E-state index is 0.0728. The maximum atomic E-state index is 10.8. The van der Waals surface area contributed by atoms with Crippen molar-refractivity contribution in [1.29, 1.82) is 0 Å². The van der Waals surface area contributed by atoms with Gasteiger partial charge in [-0.15, -0.1) is 0 Å². The number of hydrogen-bond acceptors (Lipinski definition) is 2. The molecule has 4 heteroatoms. The van der Waals surface area contributed by atoms with Crippen LogP contribution in [0, 0.1) is 0 Å². The highest BCUT2D eigenvalue weighted by molar-refractivity contribution is 5.68. The normalized spacial score (nSPS) is 11.4. The molecule has 2 rings (SSSR count). The van der Waals surface area contributed by atoms with Crippen molar-refractivity contribution in [2.75, 3.05) is 0 Å². The number of H-pyrrole nitrogens is 1. The summed E-state index contributed by atoms with van der Waals surface area (Å²) in [5.41, 5.74) is 1.38. The van der Waals surface area contributed by atoms with Gasteiger partial charge in [0.05, 0.1) is 6.42 Å². The van der Waals surface area contributed by atoms with Gasteiger partial charge in [-0.3, -0.25) is 4.79 Å². The Hall–Kier alpha value is -2.10. The van der Waals surface area contributed by atoms with Gasteiger partial charge in [0.2, 0.25) is 0 Å². The van der Waals surface area contributed by atoms with Crippen LogP contribution in [0.4, 0.5) is 0 Å². The minimum Gasteiger partial charge on any atom is -0.481 e. The fourth-order valence-corrected chi connectivity index (χ4v) is 1.88.